The fraction of sp³-hybridized carbons (Fsp3) is 0.125. The molecule has 9 heteroatoms. The number of rotatable bonds is 2. The SMILES string of the molecule is O=C(O)c1ccc(C(F)(F)F)c(Br)c1[N+](=O)[O-]. The van der Waals surface area contributed by atoms with Crippen LogP contribution in [0.25, 0.3) is 0 Å². The van der Waals surface area contributed by atoms with Gasteiger partial charge in [0.25, 0.3) is 5.69 Å². The van der Waals surface area contributed by atoms with Crippen LogP contribution in [0.2, 0.25) is 0 Å². The van der Waals surface area contributed by atoms with E-state index < -0.39 is 38.4 Å². The Balaban J connectivity index is 3.61. The van der Waals surface area contributed by atoms with Crippen LogP contribution in [0, 0.1) is 10.1 Å². The Hall–Kier alpha value is -1.64. The van der Waals surface area contributed by atoms with Crippen LogP contribution in [0.3, 0.4) is 0 Å². The minimum atomic E-state index is -4.80. The summed E-state index contributed by atoms with van der Waals surface area (Å²) in [5, 5.41) is 19.2. The molecule has 92 valence electrons. The van der Waals surface area contributed by atoms with Gasteiger partial charge < -0.3 is 5.11 Å². The van der Waals surface area contributed by atoms with Crippen molar-refractivity contribution in [1.29, 1.82) is 0 Å². The summed E-state index contributed by atoms with van der Waals surface area (Å²) in [4.78, 5) is 20.0. The molecule has 0 aromatic heterocycles. The Bertz CT molecular complexity index is 500. The lowest BCUT2D eigenvalue weighted by molar-refractivity contribution is -0.386. The quantitative estimate of drug-likeness (QED) is 0.672. The molecule has 1 N–H and O–H groups in total. The minimum absolute atomic E-state index is 0.473. The molecule has 17 heavy (non-hydrogen) atoms. The van der Waals surface area contributed by atoms with Gasteiger partial charge >= 0.3 is 12.1 Å². The lowest BCUT2D eigenvalue weighted by Gasteiger charge is -2.10. The monoisotopic (exact) mass is 313 g/mol. The highest BCUT2D eigenvalue weighted by Gasteiger charge is 2.38. The van der Waals surface area contributed by atoms with E-state index in [1.807, 2.05) is 0 Å². The standard InChI is InChI=1S/C8H3BrF3NO4/c9-5-4(8(10,11)12)2-1-3(7(14)15)6(5)13(16)17/h1-2H,(H,14,15). The van der Waals surface area contributed by atoms with Gasteiger partial charge in [0.05, 0.1) is 10.5 Å². The number of benzene rings is 1. The van der Waals surface area contributed by atoms with Gasteiger partial charge in [0, 0.05) is 0 Å². The molecule has 0 fully saturated rings. The second kappa shape index (κ2) is 4.32. The number of nitrogens with zero attached hydrogens (tertiary/aromatic N) is 1. The molecule has 0 amide bonds. The highest BCUT2D eigenvalue weighted by Crippen LogP contribution is 2.40. The first-order valence-electron chi connectivity index (χ1n) is 3.93. The maximum atomic E-state index is 12.4. The molecule has 1 rings (SSSR count). The van der Waals surface area contributed by atoms with Crippen LogP contribution in [0.1, 0.15) is 15.9 Å². The maximum absolute atomic E-state index is 12.4. The zero-order valence-corrected chi connectivity index (χ0v) is 9.37. The number of nitro benzene ring substituents is 1. The summed E-state index contributed by atoms with van der Waals surface area (Å²) in [6.07, 6.45) is -4.80. The topological polar surface area (TPSA) is 80.4 Å². The molecule has 0 unspecified atom stereocenters. The van der Waals surface area contributed by atoms with Crippen molar-refractivity contribution in [2.24, 2.45) is 0 Å². The van der Waals surface area contributed by atoms with Crippen LogP contribution in [-0.2, 0) is 6.18 Å². The molecule has 1 aromatic carbocycles. The van der Waals surface area contributed by atoms with Crippen molar-refractivity contribution in [3.05, 3.63) is 37.8 Å². The average Bonchev–Trinajstić information content (AvgIpc) is 2.13. The summed E-state index contributed by atoms with van der Waals surface area (Å²) in [5.41, 5.74) is -3.23. The van der Waals surface area contributed by atoms with Crippen LogP contribution in [0.4, 0.5) is 18.9 Å². The molecular formula is C8H3BrF3NO4. The summed E-state index contributed by atoms with van der Waals surface area (Å²) in [6, 6.07) is 1.02. The lowest BCUT2D eigenvalue weighted by Crippen LogP contribution is -2.10. The number of carboxylic acids is 1. The van der Waals surface area contributed by atoms with Crippen LogP contribution in [0.15, 0.2) is 16.6 Å². The van der Waals surface area contributed by atoms with Gasteiger partial charge in [-0.05, 0) is 28.1 Å². The van der Waals surface area contributed by atoms with Crippen LogP contribution in [0.5, 0.6) is 0 Å². The summed E-state index contributed by atoms with van der Waals surface area (Å²) < 4.78 is 36.4. The number of aromatic carboxylic acids is 1. The number of carbonyl (C=O) groups is 1. The van der Waals surface area contributed by atoms with Crippen molar-refractivity contribution < 1.29 is 28.0 Å². The molecule has 0 aliphatic heterocycles. The second-order valence-electron chi connectivity index (χ2n) is 2.88. The first kappa shape index (κ1) is 13.4. The van der Waals surface area contributed by atoms with E-state index in [0.29, 0.717) is 12.1 Å². The summed E-state index contributed by atoms with van der Waals surface area (Å²) in [5.74, 6) is -1.67. The normalized spacial score (nSPS) is 11.3. The van der Waals surface area contributed by atoms with Crippen molar-refractivity contribution in [2.45, 2.75) is 6.18 Å². The largest absolute Gasteiger partial charge is 0.477 e. The molecule has 0 heterocycles. The van der Waals surface area contributed by atoms with Crippen molar-refractivity contribution in [3.63, 3.8) is 0 Å². The van der Waals surface area contributed by atoms with Gasteiger partial charge in [0.2, 0.25) is 0 Å². The van der Waals surface area contributed by atoms with Crippen molar-refractivity contribution >= 4 is 27.6 Å². The first-order chi connectivity index (χ1) is 7.66. The molecule has 0 aliphatic rings. The zero-order valence-electron chi connectivity index (χ0n) is 7.79. The van der Waals surface area contributed by atoms with E-state index in [1.54, 1.807) is 0 Å². The van der Waals surface area contributed by atoms with Crippen molar-refractivity contribution in [2.75, 3.05) is 0 Å². The van der Waals surface area contributed by atoms with Gasteiger partial charge in [0.15, 0.2) is 0 Å². The van der Waals surface area contributed by atoms with Gasteiger partial charge in [-0.15, -0.1) is 0 Å². The number of carboxylic acid groups (broad SMARTS) is 1. The van der Waals surface area contributed by atoms with Crippen LogP contribution >= 0.6 is 15.9 Å². The van der Waals surface area contributed by atoms with E-state index in [4.69, 9.17) is 5.11 Å². The Morgan fingerprint density at radius 1 is 1.41 bits per heavy atom. The van der Waals surface area contributed by atoms with Crippen molar-refractivity contribution in [1.82, 2.24) is 0 Å². The molecule has 1 aromatic rings. The molecule has 0 spiro atoms. The highest BCUT2D eigenvalue weighted by molar-refractivity contribution is 9.10. The predicted molar refractivity (Wildman–Crippen MR) is 52.8 cm³/mol. The molecule has 0 bridgehead atoms. The van der Waals surface area contributed by atoms with Crippen LogP contribution < -0.4 is 0 Å². The van der Waals surface area contributed by atoms with Gasteiger partial charge in [-0.1, -0.05) is 0 Å². The third kappa shape index (κ3) is 2.54. The smallest absolute Gasteiger partial charge is 0.417 e. The minimum Gasteiger partial charge on any atom is -0.477 e. The van der Waals surface area contributed by atoms with E-state index in [9.17, 15) is 28.1 Å². The van der Waals surface area contributed by atoms with Gasteiger partial charge in [-0.2, -0.15) is 13.2 Å². The number of hydrogen-bond donors (Lipinski definition) is 1. The Morgan fingerprint density at radius 2 is 1.94 bits per heavy atom. The molecule has 0 saturated carbocycles. The zero-order chi connectivity index (χ0) is 13.4. The fourth-order valence-electron chi connectivity index (χ4n) is 1.13. The van der Waals surface area contributed by atoms with Gasteiger partial charge in [-0.25, -0.2) is 4.79 Å². The van der Waals surface area contributed by atoms with E-state index in [1.165, 1.54) is 0 Å². The van der Waals surface area contributed by atoms with E-state index >= 15 is 0 Å². The number of alkyl halides is 3. The highest BCUT2D eigenvalue weighted by atomic mass is 79.9. The summed E-state index contributed by atoms with van der Waals surface area (Å²) >= 11 is 2.41. The van der Waals surface area contributed by atoms with Crippen molar-refractivity contribution in [3.8, 4) is 0 Å². The number of hydrogen-bond acceptors (Lipinski definition) is 3. The second-order valence-corrected chi connectivity index (χ2v) is 3.68. The third-order valence-electron chi connectivity index (χ3n) is 1.83. The maximum Gasteiger partial charge on any atom is 0.417 e. The van der Waals surface area contributed by atoms with Crippen LogP contribution in [-0.4, -0.2) is 16.0 Å². The van der Waals surface area contributed by atoms with E-state index in [-0.39, 0.29) is 0 Å². The average molecular weight is 314 g/mol. The van der Waals surface area contributed by atoms with Gasteiger partial charge in [-0.3, -0.25) is 10.1 Å². The van der Waals surface area contributed by atoms with Gasteiger partial charge in [0.1, 0.15) is 10.0 Å². The Morgan fingerprint density at radius 3 is 2.29 bits per heavy atom. The van der Waals surface area contributed by atoms with E-state index in [0.717, 1.165) is 0 Å². The number of halogens is 4. The molecule has 5 nitrogen and oxygen atoms in total. The lowest BCUT2D eigenvalue weighted by atomic mass is 10.1. The molecule has 0 aliphatic carbocycles. The number of nitro groups is 1. The molecule has 0 atom stereocenters. The Kier molecular flexibility index (Phi) is 3.41. The van der Waals surface area contributed by atoms with E-state index in [2.05, 4.69) is 15.9 Å². The Labute approximate surface area is 100 Å². The molecular weight excluding hydrogens is 311 g/mol. The predicted octanol–water partition coefficient (Wildman–Crippen LogP) is 3.07. The molecule has 0 saturated heterocycles. The third-order valence-corrected chi connectivity index (χ3v) is 2.64. The first-order valence-corrected chi connectivity index (χ1v) is 4.73. The summed E-state index contributed by atoms with van der Waals surface area (Å²) in [6.45, 7) is 0. The molecule has 0 radical (unpaired) electrons. The fourth-order valence-corrected chi connectivity index (χ4v) is 1.85. The summed E-state index contributed by atoms with van der Waals surface area (Å²) in [7, 11) is 0.